The van der Waals surface area contributed by atoms with Gasteiger partial charge in [0, 0.05) is 19.0 Å². The Hall–Kier alpha value is -1.07. The Balaban J connectivity index is 1.76. The number of nitrogens with two attached hydrogens (primary N) is 1. The molecule has 0 radical (unpaired) electrons. The summed E-state index contributed by atoms with van der Waals surface area (Å²) in [5.74, 6) is 1.50. The van der Waals surface area contributed by atoms with Crippen molar-refractivity contribution in [3.8, 4) is 5.75 Å². The quantitative estimate of drug-likeness (QED) is 0.814. The van der Waals surface area contributed by atoms with Crippen LogP contribution in [-0.4, -0.2) is 48.0 Å². The van der Waals surface area contributed by atoms with Gasteiger partial charge in [-0.05, 0) is 26.4 Å². The molecule has 1 unspecified atom stereocenters. The van der Waals surface area contributed by atoms with E-state index in [1.54, 1.807) is 6.20 Å². The van der Waals surface area contributed by atoms with Crippen LogP contribution in [0.4, 0.5) is 0 Å². The minimum Gasteiger partial charge on any atom is -0.490 e. The minimum absolute atomic E-state index is 0.606. The van der Waals surface area contributed by atoms with Crippen LogP contribution >= 0.6 is 0 Å². The summed E-state index contributed by atoms with van der Waals surface area (Å²) in [6.07, 6.45) is 6.22. The molecular formula is C12H22N4O. The highest BCUT2D eigenvalue weighted by Crippen LogP contribution is 2.17. The van der Waals surface area contributed by atoms with Crippen molar-refractivity contribution in [1.82, 2.24) is 14.7 Å². The van der Waals surface area contributed by atoms with Crippen LogP contribution in [0.1, 0.15) is 12.8 Å². The first-order valence-corrected chi connectivity index (χ1v) is 6.32. The van der Waals surface area contributed by atoms with Gasteiger partial charge in [0.05, 0.1) is 25.5 Å². The molecule has 1 aromatic heterocycles. The molecule has 1 aliphatic heterocycles. The summed E-state index contributed by atoms with van der Waals surface area (Å²) in [6.45, 7) is 4.49. The average Bonchev–Trinajstić information content (AvgIpc) is 2.75. The van der Waals surface area contributed by atoms with E-state index in [0.717, 1.165) is 25.4 Å². The molecule has 1 fully saturated rings. The molecule has 0 bridgehead atoms. The molecule has 0 amide bonds. The molecule has 2 N–H and O–H groups in total. The molecule has 96 valence electrons. The molecule has 17 heavy (non-hydrogen) atoms. The lowest BCUT2D eigenvalue weighted by Crippen LogP contribution is -2.34. The van der Waals surface area contributed by atoms with Crippen molar-refractivity contribution in [2.24, 2.45) is 11.7 Å². The van der Waals surface area contributed by atoms with E-state index in [1.807, 2.05) is 10.9 Å². The monoisotopic (exact) mass is 238 g/mol. The largest absolute Gasteiger partial charge is 0.490 e. The highest BCUT2D eigenvalue weighted by atomic mass is 16.5. The fourth-order valence-corrected chi connectivity index (χ4v) is 2.30. The number of ether oxygens (including phenoxy) is 1. The molecule has 5 nitrogen and oxygen atoms in total. The molecule has 1 aliphatic rings. The van der Waals surface area contributed by atoms with Gasteiger partial charge < -0.3 is 15.4 Å². The number of hydrogen-bond acceptors (Lipinski definition) is 4. The van der Waals surface area contributed by atoms with Gasteiger partial charge in [0.2, 0.25) is 0 Å². The fraction of sp³-hybridized carbons (Fsp3) is 0.750. The molecule has 0 aliphatic carbocycles. The first-order chi connectivity index (χ1) is 8.28. The van der Waals surface area contributed by atoms with Crippen molar-refractivity contribution < 1.29 is 4.74 Å². The van der Waals surface area contributed by atoms with Gasteiger partial charge in [-0.25, -0.2) is 0 Å². The van der Waals surface area contributed by atoms with Gasteiger partial charge in [-0.2, -0.15) is 5.10 Å². The molecule has 1 aromatic rings. The normalized spacial score (nSPS) is 21.6. The van der Waals surface area contributed by atoms with Gasteiger partial charge in [0.1, 0.15) is 0 Å². The summed E-state index contributed by atoms with van der Waals surface area (Å²) in [4.78, 5) is 2.37. The van der Waals surface area contributed by atoms with E-state index in [4.69, 9.17) is 10.5 Å². The lowest BCUT2D eigenvalue weighted by molar-refractivity contribution is 0.150. The van der Waals surface area contributed by atoms with E-state index >= 15 is 0 Å². The Morgan fingerprint density at radius 1 is 1.59 bits per heavy atom. The second-order valence-corrected chi connectivity index (χ2v) is 4.81. The molecule has 2 rings (SSSR count). The Bertz CT molecular complexity index is 339. The molecule has 1 saturated heterocycles. The smallest absolute Gasteiger partial charge is 0.157 e. The van der Waals surface area contributed by atoms with E-state index < -0.39 is 0 Å². The van der Waals surface area contributed by atoms with E-state index in [2.05, 4.69) is 17.0 Å². The molecule has 2 heterocycles. The summed E-state index contributed by atoms with van der Waals surface area (Å²) in [5, 5.41) is 4.19. The molecular weight excluding hydrogens is 216 g/mol. The maximum atomic E-state index is 5.77. The second-order valence-electron chi connectivity index (χ2n) is 4.81. The third kappa shape index (κ3) is 3.71. The first-order valence-electron chi connectivity index (χ1n) is 6.32. The average molecular weight is 238 g/mol. The fourth-order valence-electron chi connectivity index (χ4n) is 2.30. The lowest BCUT2D eigenvalue weighted by atomic mass is 10.00. The molecule has 0 saturated carbocycles. The summed E-state index contributed by atoms with van der Waals surface area (Å²) in [6, 6.07) is 0. The van der Waals surface area contributed by atoms with Crippen LogP contribution in [0.5, 0.6) is 5.75 Å². The van der Waals surface area contributed by atoms with E-state index in [-0.39, 0.29) is 0 Å². The van der Waals surface area contributed by atoms with Crippen molar-refractivity contribution in [3.05, 3.63) is 12.4 Å². The van der Waals surface area contributed by atoms with Gasteiger partial charge >= 0.3 is 0 Å². The zero-order valence-corrected chi connectivity index (χ0v) is 10.5. The molecule has 5 heteroatoms. The van der Waals surface area contributed by atoms with Crippen LogP contribution in [0.15, 0.2) is 12.4 Å². The number of likely N-dealkylation sites (tertiary alicyclic amines) is 1. The van der Waals surface area contributed by atoms with Crippen LogP contribution in [0.2, 0.25) is 0 Å². The van der Waals surface area contributed by atoms with Crippen LogP contribution in [0.3, 0.4) is 0 Å². The van der Waals surface area contributed by atoms with Crippen molar-refractivity contribution in [2.45, 2.75) is 19.4 Å². The summed E-state index contributed by atoms with van der Waals surface area (Å²) < 4.78 is 7.59. The van der Waals surface area contributed by atoms with E-state index in [1.165, 1.54) is 19.4 Å². The second kappa shape index (κ2) is 6.02. The van der Waals surface area contributed by atoms with Crippen LogP contribution in [0, 0.1) is 5.92 Å². The maximum absolute atomic E-state index is 5.77. The lowest BCUT2D eigenvalue weighted by Gasteiger charge is -2.29. The van der Waals surface area contributed by atoms with Crippen LogP contribution in [-0.2, 0) is 6.54 Å². The number of rotatable bonds is 5. The molecule has 1 atom stereocenters. The van der Waals surface area contributed by atoms with Crippen LogP contribution < -0.4 is 10.5 Å². The highest BCUT2D eigenvalue weighted by Gasteiger charge is 2.17. The van der Waals surface area contributed by atoms with Gasteiger partial charge in [-0.15, -0.1) is 0 Å². The third-order valence-electron chi connectivity index (χ3n) is 3.18. The Labute approximate surface area is 103 Å². The van der Waals surface area contributed by atoms with Crippen LogP contribution in [0.25, 0.3) is 0 Å². The number of piperidine rings is 1. The number of hydrogen-bond donors (Lipinski definition) is 1. The predicted octanol–water partition coefficient (Wildman–Crippen LogP) is 0.562. The Morgan fingerprint density at radius 2 is 2.47 bits per heavy atom. The van der Waals surface area contributed by atoms with Crippen molar-refractivity contribution in [1.29, 1.82) is 0 Å². The Kier molecular flexibility index (Phi) is 4.39. The third-order valence-corrected chi connectivity index (χ3v) is 3.18. The van der Waals surface area contributed by atoms with Gasteiger partial charge in [0.15, 0.2) is 5.75 Å². The minimum atomic E-state index is 0.606. The SMILES string of the molecule is CN1CCCC(COc2cnn(CCN)c2)C1. The highest BCUT2D eigenvalue weighted by molar-refractivity contribution is 5.11. The standard InChI is InChI=1S/C12H22N4O/c1-15-5-2-3-11(8-15)10-17-12-7-14-16(9-12)6-4-13/h7,9,11H,2-6,8,10,13H2,1H3. The van der Waals surface area contributed by atoms with Crippen molar-refractivity contribution in [3.63, 3.8) is 0 Å². The zero-order chi connectivity index (χ0) is 12.1. The van der Waals surface area contributed by atoms with E-state index in [9.17, 15) is 0 Å². The number of aromatic nitrogens is 2. The van der Waals surface area contributed by atoms with Gasteiger partial charge in [-0.1, -0.05) is 0 Å². The summed E-state index contributed by atoms with van der Waals surface area (Å²) in [5.41, 5.74) is 5.47. The van der Waals surface area contributed by atoms with E-state index in [0.29, 0.717) is 12.5 Å². The van der Waals surface area contributed by atoms with Crippen molar-refractivity contribution in [2.75, 3.05) is 33.3 Å². The molecule has 0 spiro atoms. The first kappa shape index (κ1) is 12.4. The molecule has 0 aromatic carbocycles. The van der Waals surface area contributed by atoms with Gasteiger partial charge in [0.25, 0.3) is 0 Å². The number of nitrogens with zero attached hydrogens (tertiary/aromatic N) is 3. The Morgan fingerprint density at radius 3 is 3.24 bits per heavy atom. The summed E-state index contributed by atoms with van der Waals surface area (Å²) in [7, 11) is 2.17. The zero-order valence-electron chi connectivity index (χ0n) is 10.5. The predicted molar refractivity (Wildman–Crippen MR) is 67.0 cm³/mol. The maximum Gasteiger partial charge on any atom is 0.157 e. The van der Waals surface area contributed by atoms with Crippen molar-refractivity contribution >= 4 is 0 Å². The summed E-state index contributed by atoms with van der Waals surface area (Å²) >= 11 is 0. The van der Waals surface area contributed by atoms with Gasteiger partial charge in [-0.3, -0.25) is 4.68 Å². The topological polar surface area (TPSA) is 56.3 Å².